The second-order valence-electron chi connectivity index (χ2n) is 4.41. The van der Waals surface area contributed by atoms with Gasteiger partial charge in [0.15, 0.2) is 0 Å². The molecule has 0 aromatic carbocycles. The van der Waals surface area contributed by atoms with Crippen LogP contribution in [0.2, 0.25) is 0 Å². The second kappa shape index (κ2) is 6.12. The van der Waals surface area contributed by atoms with Crippen LogP contribution < -0.4 is 5.32 Å². The molecule has 1 N–H and O–H groups in total. The van der Waals surface area contributed by atoms with Crippen LogP contribution in [0.1, 0.15) is 36.2 Å². The summed E-state index contributed by atoms with van der Waals surface area (Å²) in [6.07, 6.45) is 4.51. The van der Waals surface area contributed by atoms with Crippen LogP contribution in [-0.4, -0.2) is 42.0 Å². The van der Waals surface area contributed by atoms with Gasteiger partial charge in [0.2, 0.25) is 0 Å². The van der Waals surface area contributed by atoms with E-state index >= 15 is 0 Å². The lowest BCUT2D eigenvalue weighted by atomic mass is 9.99. The Balaban J connectivity index is 2.03. The van der Waals surface area contributed by atoms with Gasteiger partial charge < -0.3 is 10.2 Å². The van der Waals surface area contributed by atoms with E-state index in [9.17, 15) is 4.79 Å². The number of aromatic nitrogens is 1. The first-order valence-electron chi connectivity index (χ1n) is 6.16. The standard InChI is InChI=1S/C12H19N3OS/c1-13-6-5-10-4-2-3-7-15(10)12(16)11-8-17-9-14-11/h8-10,13H,2-7H2,1H3. The summed E-state index contributed by atoms with van der Waals surface area (Å²) in [6, 6.07) is 0.380. The van der Waals surface area contributed by atoms with E-state index < -0.39 is 0 Å². The molecule has 4 nitrogen and oxygen atoms in total. The maximum atomic E-state index is 12.3. The molecular weight excluding hydrogens is 234 g/mol. The van der Waals surface area contributed by atoms with E-state index in [1.807, 2.05) is 17.3 Å². The highest BCUT2D eigenvalue weighted by Gasteiger charge is 2.27. The smallest absolute Gasteiger partial charge is 0.273 e. The van der Waals surface area contributed by atoms with Gasteiger partial charge in [-0.3, -0.25) is 4.79 Å². The Morgan fingerprint density at radius 3 is 3.24 bits per heavy atom. The highest BCUT2D eigenvalue weighted by atomic mass is 32.1. The van der Waals surface area contributed by atoms with Gasteiger partial charge in [0.1, 0.15) is 5.69 Å². The van der Waals surface area contributed by atoms with E-state index in [2.05, 4.69) is 10.3 Å². The predicted octanol–water partition coefficient (Wildman–Crippen LogP) is 1.75. The van der Waals surface area contributed by atoms with E-state index in [0.717, 1.165) is 32.4 Å². The summed E-state index contributed by atoms with van der Waals surface area (Å²) in [5.41, 5.74) is 2.33. The molecule has 0 spiro atoms. The van der Waals surface area contributed by atoms with Crippen LogP contribution in [-0.2, 0) is 0 Å². The average Bonchev–Trinajstić information content (AvgIpc) is 2.89. The number of rotatable bonds is 4. The van der Waals surface area contributed by atoms with Crippen molar-refractivity contribution in [3.05, 3.63) is 16.6 Å². The van der Waals surface area contributed by atoms with Crippen molar-refractivity contribution in [1.82, 2.24) is 15.2 Å². The van der Waals surface area contributed by atoms with Crippen LogP contribution >= 0.6 is 11.3 Å². The van der Waals surface area contributed by atoms with Gasteiger partial charge in [-0.15, -0.1) is 11.3 Å². The summed E-state index contributed by atoms with van der Waals surface area (Å²) in [6.45, 7) is 1.84. The minimum Gasteiger partial charge on any atom is -0.334 e. The summed E-state index contributed by atoms with van der Waals surface area (Å²) in [4.78, 5) is 18.4. The lowest BCUT2D eigenvalue weighted by molar-refractivity contribution is 0.0597. The quantitative estimate of drug-likeness (QED) is 0.889. The number of nitrogens with zero attached hydrogens (tertiary/aromatic N) is 2. The third-order valence-electron chi connectivity index (χ3n) is 3.27. The number of hydrogen-bond donors (Lipinski definition) is 1. The third-order valence-corrected chi connectivity index (χ3v) is 3.85. The van der Waals surface area contributed by atoms with Crippen LogP contribution in [0.3, 0.4) is 0 Å². The van der Waals surface area contributed by atoms with Crippen molar-refractivity contribution in [2.75, 3.05) is 20.1 Å². The molecule has 1 atom stereocenters. The van der Waals surface area contributed by atoms with Gasteiger partial charge in [-0.05, 0) is 39.3 Å². The molecule has 5 heteroatoms. The molecule has 0 radical (unpaired) electrons. The van der Waals surface area contributed by atoms with Crippen LogP contribution in [0.15, 0.2) is 10.9 Å². The zero-order valence-corrected chi connectivity index (χ0v) is 11.0. The average molecular weight is 253 g/mol. The fourth-order valence-electron chi connectivity index (χ4n) is 2.34. The van der Waals surface area contributed by atoms with Crippen molar-refractivity contribution in [1.29, 1.82) is 0 Å². The molecule has 1 saturated heterocycles. The van der Waals surface area contributed by atoms with Crippen molar-refractivity contribution in [3.63, 3.8) is 0 Å². The van der Waals surface area contributed by atoms with Crippen LogP contribution in [0.4, 0.5) is 0 Å². The van der Waals surface area contributed by atoms with Gasteiger partial charge in [-0.1, -0.05) is 0 Å². The van der Waals surface area contributed by atoms with E-state index in [-0.39, 0.29) is 5.91 Å². The van der Waals surface area contributed by atoms with Crippen LogP contribution in [0.5, 0.6) is 0 Å². The normalized spacial score (nSPS) is 20.5. The van der Waals surface area contributed by atoms with E-state index in [1.165, 1.54) is 17.8 Å². The predicted molar refractivity (Wildman–Crippen MR) is 69.3 cm³/mol. The number of carbonyl (C=O) groups is 1. The molecule has 2 heterocycles. The number of amides is 1. The first-order chi connectivity index (χ1) is 8.33. The van der Waals surface area contributed by atoms with Crippen LogP contribution in [0, 0.1) is 0 Å². The van der Waals surface area contributed by atoms with Crippen molar-refractivity contribution >= 4 is 17.2 Å². The zero-order valence-electron chi connectivity index (χ0n) is 10.2. The maximum absolute atomic E-state index is 12.3. The fourth-order valence-corrected chi connectivity index (χ4v) is 2.87. The molecule has 0 bridgehead atoms. The first kappa shape index (κ1) is 12.5. The zero-order chi connectivity index (χ0) is 12.1. The van der Waals surface area contributed by atoms with Gasteiger partial charge in [0, 0.05) is 18.0 Å². The van der Waals surface area contributed by atoms with Crippen molar-refractivity contribution < 1.29 is 4.79 Å². The van der Waals surface area contributed by atoms with Crippen LogP contribution in [0.25, 0.3) is 0 Å². The van der Waals surface area contributed by atoms with Gasteiger partial charge in [0.05, 0.1) is 5.51 Å². The number of nitrogens with one attached hydrogen (secondary N) is 1. The number of piperidine rings is 1. The Hall–Kier alpha value is -0.940. The maximum Gasteiger partial charge on any atom is 0.273 e. The lowest BCUT2D eigenvalue weighted by Gasteiger charge is -2.35. The molecular formula is C12H19N3OS. The molecule has 1 fully saturated rings. The Labute approximate surface area is 106 Å². The molecule has 1 aromatic rings. The SMILES string of the molecule is CNCCC1CCCCN1C(=O)c1cscn1. The lowest BCUT2D eigenvalue weighted by Crippen LogP contribution is -2.44. The highest BCUT2D eigenvalue weighted by molar-refractivity contribution is 7.07. The molecule has 1 unspecified atom stereocenters. The Kier molecular flexibility index (Phi) is 4.50. The third kappa shape index (κ3) is 3.04. The minimum absolute atomic E-state index is 0.104. The fraction of sp³-hybridized carbons (Fsp3) is 0.667. The summed E-state index contributed by atoms with van der Waals surface area (Å²) >= 11 is 1.48. The Morgan fingerprint density at radius 1 is 1.65 bits per heavy atom. The van der Waals surface area contributed by atoms with E-state index in [0.29, 0.717) is 11.7 Å². The largest absolute Gasteiger partial charge is 0.334 e. The summed E-state index contributed by atoms with van der Waals surface area (Å²) < 4.78 is 0. The topological polar surface area (TPSA) is 45.2 Å². The van der Waals surface area contributed by atoms with E-state index in [4.69, 9.17) is 0 Å². The molecule has 1 aliphatic rings. The van der Waals surface area contributed by atoms with Gasteiger partial charge in [-0.25, -0.2) is 4.98 Å². The molecule has 1 aliphatic heterocycles. The van der Waals surface area contributed by atoms with Gasteiger partial charge in [-0.2, -0.15) is 0 Å². The molecule has 1 amide bonds. The minimum atomic E-state index is 0.104. The van der Waals surface area contributed by atoms with Crippen molar-refractivity contribution in [3.8, 4) is 0 Å². The molecule has 0 aliphatic carbocycles. The summed E-state index contributed by atoms with van der Waals surface area (Å²) in [5.74, 6) is 0.104. The van der Waals surface area contributed by atoms with Gasteiger partial charge in [0.25, 0.3) is 5.91 Å². The number of thiazole rings is 1. The molecule has 94 valence electrons. The summed E-state index contributed by atoms with van der Waals surface area (Å²) in [5, 5.41) is 5.00. The molecule has 0 saturated carbocycles. The molecule has 17 heavy (non-hydrogen) atoms. The first-order valence-corrected chi connectivity index (χ1v) is 7.11. The number of likely N-dealkylation sites (tertiary alicyclic amines) is 1. The van der Waals surface area contributed by atoms with Crippen molar-refractivity contribution in [2.45, 2.75) is 31.7 Å². The molecule has 2 rings (SSSR count). The Bertz CT molecular complexity index is 353. The monoisotopic (exact) mass is 253 g/mol. The number of carbonyl (C=O) groups excluding carboxylic acids is 1. The number of hydrogen-bond acceptors (Lipinski definition) is 4. The van der Waals surface area contributed by atoms with E-state index in [1.54, 1.807) is 5.51 Å². The van der Waals surface area contributed by atoms with Gasteiger partial charge >= 0.3 is 0 Å². The highest BCUT2D eigenvalue weighted by Crippen LogP contribution is 2.21. The second-order valence-corrected chi connectivity index (χ2v) is 5.13. The Morgan fingerprint density at radius 2 is 2.53 bits per heavy atom. The summed E-state index contributed by atoms with van der Waals surface area (Å²) in [7, 11) is 1.95. The molecule has 1 aromatic heterocycles. The van der Waals surface area contributed by atoms with Crippen molar-refractivity contribution in [2.24, 2.45) is 0 Å².